The average Bonchev–Trinajstić information content (AvgIpc) is 2.67. The molecule has 0 atom stereocenters. The number of rotatable bonds is 7. The van der Waals surface area contributed by atoms with E-state index in [1.165, 1.54) is 0 Å². The van der Waals surface area contributed by atoms with Crippen LogP contribution in [0.25, 0.3) is 10.9 Å². The fourth-order valence-corrected chi connectivity index (χ4v) is 2.60. The average molecular weight is 368 g/mol. The van der Waals surface area contributed by atoms with Crippen molar-refractivity contribution in [3.05, 3.63) is 52.8 Å². The normalized spacial score (nSPS) is 10.6. The summed E-state index contributed by atoms with van der Waals surface area (Å²) in [7, 11) is 0. The molecule has 140 valence electrons. The maximum Gasteiger partial charge on any atom is 0.278 e. The molecule has 3 rings (SSSR count). The van der Waals surface area contributed by atoms with Crippen LogP contribution < -0.4 is 20.3 Å². The van der Waals surface area contributed by atoms with Crippen molar-refractivity contribution in [2.24, 2.45) is 0 Å². The lowest BCUT2D eigenvalue weighted by Gasteiger charge is -2.13. The van der Waals surface area contributed by atoms with Gasteiger partial charge >= 0.3 is 0 Å². The highest BCUT2D eigenvalue weighted by molar-refractivity contribution is 5.92. The van der Waals surface area contributed by atoms with E-state index in [0.29, 0.717) is 41.3 Å². The molecular weight excluding hydrogens is 348 g/mol. The van der Waals surface area contributed by atoms with Gasteiger partial charge in [0.05, 0.1) is 24.3 Å². The van der Waals surface area contributed by atoms with Gasteiger partial charge in [-0.3, -0.25) is 9.59 Å². The summed E-state index contributed by atoms with van der Waals surface area (Å²) in [6.07, 6.45) is 0. The minimum Gasteiger partial charge on any atom is -0.494 e. The van der Waals surface area contributed by atoms with Crippen molar-refractivity contribution in [1.29, 1.82) is 0 Å². The van der Waals surface area contributed by atoms with E-state index in [9.17, 15) is 9.59 Å². The Hall–Kier alpha value is -3.42. The largest absolute Gasteiger partial charge is 0.494 e. The summed E-state index contributed by atoms with van der Waals surface area (Å²) in [4.78, 5) is 24.9. The molecule has 0 aliphatic carbocycles. The lowest BCUT2D eigenvalue weighted by Crippen LogP contribution is -2.30. The van der Waals surface area contributed by atoms with Crippen LogP contribution in [0.4, 0.5) is 5.69 Å². The summed E-state index contributed by atoms with van der Waals surface area (Å²) in [6.45, 7) is 4.42. The van der Waals surface area contributed by atoms with Crippen molar-refractivity contribution in [1.82, 2.24) is 15.0 Å². The van der Waals surface area contributed by atoms with Crippen LogP contribution in [-0.4, -0.2) is 34.1 Å². The molecular formula is C19H20N4O4. The second-order valence-electron chi connectivity index (χ2n) is 5.64. The number of carbonyl (C=O) groups excluding carboxylic acids is 1. The standard InChI is InChI=1S/C19H20N4O4/c1-3-26-13-9-10-17(27-4-2)16(11-13)20-18(24)12-23-19(25)14-7-5-6-8-15(14)21-22-23/h5-11H,3-4,12H2,1-2H3,(H,20,24). The van der Waals surface area contributed by atoms with E-state index in [4.69, 9.17) is 9.47 Å². The molecule has 8 heteroatoms. The number of hydrogen-bond donors (Lipinski definition) is 1. The molecule has 1 N–H and O–H groups in total. The Morgan fingerprint density at radius 2 is 1.89 bits per heavy atom. The molecule has 0 saturated carbocycles. The van der Waals surface area contributed by atoms with Crippen molar-refractivity contribution in [3.63, 3.8) is 0 Å². The molecule has 0 saturated heterocycles. The molecule has 0 bridgehead atoms. The molecule has 8 nitrogen and oxygen atoms in total. The Labute approximate surface area is 155 Å². The van der Waals surface area contributed by atoms with E-state index in [1.54, 1.807) is 42.5 Å². The third kappa shape index (κ3) is 4.22. The molecule has 1 amide bonds. The van der Waals surface area contributed by atoms with E-state index in [0.717, 1.165) is 4.68 Å². The number of benzene rings is 2. The maximum atomic E-state index is 12.5. The van der Waals surface area contributed by atoms with Crippen molar-refractivity contribution >= 4 is 22.5 Å². The van der Waals surface area contributed by atoms with E-state index in [1.807, 2.05) is 13.8 Å². The second kappa shape index (κ2) is 8.31. The summed E-state index contributed by atoms with van der Waals surface area (Å²) in [5, 5.41) is 11.0. The van der Waals surface area contributed by atoms with Crippen LogP contribution in [0.5, 0.6) is 11.5 Å². The number of anilines is 1. The number of nitrogens with one attached hydrogen (secondary N) is 1. The first-order valence-electron chi connectivity index (χ1n) is 8.64. The topological polar surface area (TPSA) is 95.3 Å². The monoisotopic (exact) mass is 368 g/mol. The lowest BCUT2D eigenvalue weighted by atomic mass is 10.2. The third-order valence-electron chi connectivity index (χ3n) is 3.76. The molecule has 0 spiro atoms. The van der Waals surface area contributed by atoms with Crippen molar-refractivity contribution in [3.8, 4) is 11.5 Å². The first-order valence-corrected chi connectivity index (χ1v) is 8.64. The minimum absolute atomic E-state index is 0.263. The Morgan fingerprint density at radius 3 is 2.67 bits per heavy atom. The van der Waals surface area contributed by atoms with Gasteiger partial charge in [0.1, 0.15) is 23.6 Å². The number of hydrogen-bond acceptors (Lipinski definition) is 6. The third-order valence-corrected chi connectivity index (χ3v) is 3.76. The summed E-state index contributed by atoms with van der Waals surface area (Å²) >= 11 is 0. The summed E-state index contributed by atoms with van der Waals surface area (Å²) in [5.74, 6) is 0.710. The van der Waals surface area contributed by atoms with Gasteiger partial charge in [-0.15, -0.1) is 5.10 Å². The molecule has 0 radical (unpaired) electrons. The maximum absolute atomic E-state index is 12.5. The van der Waals surface area contributed by atoms with Crippen LogP contribution >= 0.6 is 0 Å². The predicted octanol–water partition coefficient (Wildman–Crippen LogP) is 2.23. The van der Waals surface area contributed by atoms with Gasteiger partial charge in [-0.1, -0.05) is 17.3 Å². The van der Waals surface area contributed by atoms with E-state index >= 15 is 0 Å². The van der Waals surface area contributed by atoms with E-state index in [2.05, 4.69) is 15.6 Å². The first kappa shape index (κ1) is 18.4. The zero-order valence-electron chi connectivity index (χ0n) is 15.1. The van der Waals surface area contributed by atoms with Gasteiger partial charge in [0.15, 0.2) is 0 Å². The van der Waals surface area contributed by atoms with Gasteiger partial charge in [-0.05, 0) is 38.1 Å². The molecule has 0 unspecified atom stereocenters. The summed E-state index contributed by atoms with van der Waals surface area (Å²) < 4.78 is 12.0. The number of fused-ring (bicyclic) bond motifs is 1. The summed E-state index contributed by atoms with van der Waals surface area (Å²) in [5.41, 5.74) is 0.584. The van der Waals surface area contributed by atoms with Crippen LogP contribution in [0.15, 0.2) is 47.3 Å². The highest BCUT2D eigenvalue weighted by Crippen LogP contribution is 2.29. The Bertz CT molecular complexity index is 1020. The zero-order chi connectivity index (χ0) is 19.2. The Balaban J connectivity index is 1.82. The van der Waals surface area contributed by atoms with Gasteiger partial charge < -0.3 is 14.8 Å². The van der Waals surface area contributed by atoms with Crippen LogP contribution in [0.1, 0.15) is 13.8 Å². The summed E-state index contributed by atoms with van der Waals surface area (Å²) in [6, 6.07) is 12.0. The Kier molecular flexibility index (Phi) is 5.65. The highest BCUT2D eigenvalue weighted by Gasteiger charge is 2.13. The quantitative estimate of drug-likeness (QED) is 0.687. The van der Waals surface area contributed by atoms with Crippen molar-refractivity contribution < 1.29 is 14.3 Å². The lowest BCUT2D eigenvalue weighted by molar-refractivity contribution is -0.117. The molecule has 1 aromatic heterocycles. The Morgan fingerprint density at radius 1 is 1.11 bits per heavy atom. The van der Waals surface area contributed by atoms with Gasteiger partial charge in [-0.2, -0.15) is 0 Å². The first-order chi connectivity index (χ1) is 13.1. The molecule has 0 aliphatic rings. The SMILES string of the molecule is CCOc1ccc(OCC)c(NC(=O)Cn2nnc3ccccc3c2=O)c1. The van der Waals surface area contributed by atoms with Gasteiger partial charge in [0.2, 0.25) is 5.91 Å². The molecule has 3 aromatic rings. The smallest absolute Gasteiger partial charge is 0.278 e. The second-order valence-corrected chi connectivity index (χ2v) is 5.64. The fourth-order valence-electron chi connectivity index (χ4n) is 2.60. The molecule has 0 fully saturated rings. The fraction of sp³-hybridized carbons (Fsp3) is 0.263. The molecule has 27 heavy (non-hydrogen) atoms. The van der Waals surface area contributed by atoms with Crippen LogP contribution in [-0.2, 0) is 11.3 Å². The number of ether oxygens (including phenoxy) is 2. The highest BCUT2D eigenvalue weighted by atomic mass is 16.5. The number of aromatic nitrogens is 3. The van der Waals surface area contributed by atoms with Gasteiger partial charge in [-0.25, -0.2) is 4.68 Å². The van der Waals surface area contributed by atoms with E-state index in [-0.39, 0.29) is 12.1 Å². The van der Waals surface area contributed by atoms with Crippen LogP contribution in [0.3, 0.4) is 0 Å². The van der Waals surface area contributed by atoms with E-state index < -0.39 is 5.91 Å². The number of amides is 1. The van der Waals surface area contributed by atoms with Crippen molar-refractivity contribution in [2.75, 3.05) is 18.5 Å². The minimum atomic E-state index is -0.420. The van der Waals surface area contributed by atoms with Gasteiger partial charge in [0, 0.05) is 6.07 Å². The zero-order valence-corrected chi connectivity index (χ0v) is 15.1. The molecule has 2 aromatic carbocycles. The van der Waals surface area contributed by atoms with Gasteiger partial charge in [0.25, 0.3) is 5.56 Å². The predicted molar refractivity (Wildman–Crippen MR) is 101 cm³/mol. The molecule has 0 aliphatic heterocycles. The van der Waals surface area contributed by atoms with Crippen LogP contribution in [0, 0.1) is 0 Å². The molecule has 1 heterocycles. The van der Waals surface area contributed by atoms with Crippen molar-refractivity contribution in [2.45, 2.75) is 20.4 Å². The van der Waals surface area contributed by atoms with Crippen LogP contribution in [0.2, 0.25) is 0 Å². The number of carbonyl (C=O) groups is 1. The number of nitrogens with zero attached hydrogens (tertiary/aromatic N) is 3.